The first-order valence-corrected chi connectivity index (χ1v) is 14.7. The number of primary amides is 1. The molecule has 2 atom stereocenters. The van der Waals surface area contributed by atoms with Gasteiger partial charge in [0, 0.05) is 30.0 Å². The highest BCUT2D eigenvalue weighted by molar-refractivity contribution is 6.30. The number of ether oxygens (including phenoxy) is 1. The molecular weight excluding hydrogens is 608 g/mol. The highest BCUT2D eigenvalue weighted by Gasteiger charge is 2.58. The van der Waals surface area contributed by atoms with Crippen LogP contribution in [0.15, 0.2) is 60.9 Å². The lowest BCUT2D eigenvalue weighted by molar-refractivity contribution is -0.142. The number of aliphatic hydroxyl groups is 1. The van der Waals surface area contributed by atoms with Gasteiger partial charge in [-0.05, 0) is 68.7 Å². The van der Waals surface area contributed by atoms with E-state index in [-0.39, 0.29) is 29.8 Å². The molecule has 1 aliphatic heterocycles. The smallest absolute Gasteiger partial charge is 0.257 e. The second-order valence-electron chi connectivity index (χ2n) is 11.7. The lowest BCUT2D eigenvalue weighted by Crippen LogP contribution is -2.48. The molecule has 44 heavy (non-hydrogen) atoms. The Morgan fingerprint density at radius 1 is 1.16 bits per heavy atom. The minimum absolute atomic E-state index is 0.0132. The minimum Gasteiger partial charge on any atom is -0.379 e. The van der Waals surface area contributed by atoms with E-state index in [1.807, 2.05) is 0 Å². The molecule has 1 unspecified atom stereocenters. The van der Waals surface area contributed by atoms with Gasteiger partial charge in [-0.2, -0.15) is 0 Å². The predicted octanol–water partition coefficient (Wildman–Crippen LogP) is 4.96. The third-order valence-electron chi connectivity index (χ3n) is 8.73. The van der Waals surface area contributed by atoms with Crippen molar-refractivity contribution < 1.29 is 23.8 Å². The van der Waals surface area contributed by atoms with Gasteiger partial charge in [0.1, 0.15) is 17.2 Å². The molecule has 228 valence electrons. The van der Waals surface area contributed by atoms with Crippen molar-refractivity contribution in [1.29, 1.82) is 0 Å². The van der Waals surface area contributed by atoms with E-state index in [1.54, 1.807) is 61.1 Å². The molecule has 12 heteroatoms. The second-order valence-corrected chi connectivity index (χ2v) is 12.6. The van der Waals surface area contributed by atoms with Crippen molar-refractivity contribution in [1.82, 2.24) is 19.4 Å². The first kappa shape index (κ1) is 30.2. The number of amides is 2. The molecule has 2 aliphatic rings. The number of aromatic nitrogens is 3. The SMILES string of the molecule is Cc1nc(C(C)(O)c2cc(F)c3c(c2)C(=O)N(Cc2ccc(Cl)cn2)[C@@]3(OCC2(C(N)=O)CC2)c2ccc(Cl)cc2)cn1C. The summed E-state index contributed by atoms with van der Waals surface area (Å²) in [4.78, 5) is 37.0. The second kappa shape index (κ2) is 10.7. The Bertz CT molecular complexity index is 1770. The maximum Gasteiger partial charge on any atom is 0.257 e. The maximum absolute atomic E-state index is 16.7. The Hall–Kier alpha value is -3.83. The average molecular weight is 639 g/mol. The normalized spacial score (nSPS) is 20.0. The number of hydrogen-bond acceptors (Lipinski definition) is 6. The number of pyridine rings is 1. The largest absolute Gasteiger partial charge is 0.379 e. The Morgan fingerprint density at radius 3 is 2.41 bits per heavy atom. The minimum atomic E-state index is -1.83. The molecule has 6 rings (SSSR count). The summed E-state index contributed by atoms with van der Waals surface area (Å²) in [7, 11) is 1.79. The summed E-state index contributed by atoms with van der Waals surface area (Å²) in [6.45, 7) is 3.03. The first-order valence-electron chi connectivity index (χ1n) is 14.0. The third-order valence-corrected chi connectivity index (χ3v) is 9.21. The van der Waals surface area contributed by atoms with E-state index in [0.29, 0.717) is 45.7 Å². The van der Waals surface area contributed by atoms with E-state index in [2.05, 4.69) is 9.97 Å². The van der Waals surface area contributed by atoms with Crippen LogP contribution in [0.1, 0.15) is 64.0 Å². The van der Waals surface area contributed by atoms with E-state index in [4.69, 9.17) is 33.7 Å². The van der Waals surface area contributed by atoms with Crippen molar-refractivity contribution in [2.24, 2.45) is 18.2 Å². The highest BCUT2D eigenvalue weighted by Crippen LogP contribution is 2.52. The number of nitrogens with two attached hydrogens (primary N) is 1. The molecule has 2 aromatic carbocycles. The molecule has 9 nitrogen and oxygen atoms in total. The van der Waals surface area contributed by atoms with Gasteiger partial charge in [-0.1, -0.05) is 35.3 Å². The number of nitrogens with zero attached hydrogens (tertiary/aromatic N) is 4. The van der Waals surface area contributed by atoms with Crippen LogP contribution in [0.4, 0.5) is 4.39 Å². The topological polar surface area (TPSA) is 124 Å². The average Bonchev–Trinajstić information content (AvgIpc) is 3.65. The fraction of sp³-hybridized carbons (Fsp3) is 0.312. The zero-order chi connectivity index (χ0) is 31.6. The van der Waals surface area contributed by atoms with Gasteiger partial charge in [-0.3, -0.25) is 19.5 Å². The van der Waals surface area contributed by atoms with E-state index in [9.17, 15) is 14.7 Å². The Kier molecular flexibility index (Phi) is 7.32. The van der Waals surface area contributed by atoms with Crippen LogP contribution in [0.5, 0.6) is 0 Å². The van der Waals surface area contributed by atoms with Gasteiger partial charge in [-0.15, -0.1) is 0 Å². The summed E-state index contributed by atoms with van der Waals surface area (Å²) in [6, 6.07) is 12.5. The van der Waals surface area contributed by atoms with Crippen LogP contribution in [-0.4, -0.2) is 43.0 Å². The zero-order valence-corrected chi connectivity index (χ0v) is 25.8. The Labute approximate surface area is 263 Å². The summed E-state index contributed by atoms with van der Waals surface area (Å²) in [6.07, 6.45) is 4.12. The number of halogens is 3. The molecular formula is C32H30Cl2FN5O4. The van der Waals surface area contributed by atoms with Gasteiger partial charge in [0.25, 0.3) is 5.91 Å². The number of imidazole rings is 1. The highest BCUT2D eigenvalue weighted by atomic mass is 35.5. The van der Waals surface area contributed by atoms with E-state index in [0.717, 1.165) is 0 Å². The third kappa shape index (κ3) is 4.86. The summed E-state index contributed by atoms with van der Waals surface area (Å²) >= 11 is 12.3. The number of hydrogen-bond donors (Lipinski definition) is 2. The lowest BCUT2D eigenvalue weighted by atomic mass is 9.86. The molecule has 1 aliphatic carbocycles. The number of benzene rings is 2. The molecule has 3 heterocycles. The zero-order valence-electron chi connectivity index (χ0n) is 24.3. The van der Waals surface area contributed by atoms with Gasteiger partial charge in [0.2, 0.25) is 5.91 Å². The maximum atomic E-state index is 16.7. The molecule has 1 saturated carbocycles. The summed E-state index contributed by atoms with van der Waals surface area (Å²) in [5.41, 5.74) is 2.44. The number of carbonyl (C=O) groups excluding carboxylic acids is 2. The molecule has 4 aromatic rings. The molecule has 0 saturated heterocycles. The molecule has 2 amide bonds. The summed E-state index contributed by atoms with van der Waals surface area (Å²) < 4.78 is 25.1. The molecule has 1 fully saturated rings. The summed E-state index contributed by atoms with van der Waals surface area (Å²) in [5, 5.41) is 12.5. The van der Waals surface area contributed by atoms with Crippen molar-refractivity contribution in [3.8, 4) is 0 Å². The molecule has 0 radical (unpaired) electrons. The van der Waals surface area contributed by atoms with Crippen LogP contribution in [-0.2, 0) is 34.4 Å². The first-order chi connectivity index (χ1) is 20.8. The van der Waals surface area contributed by atoms with Crippen molar-refractivity contribution in [3.63, 3.8) is 0 Å². The van der Waals surface area contributed by atoms with Crippen molar-refractivity contribution in [3.05, 3.63) is 116 Å². The van der Waals surface area contributed by atoms with Crippen LogP contribution >= 0.6 is 23.2 Å². The summed E-state index contributed by atoms with van der Waals surface area (Å²) in [5.74, 6) is -1.23. The quantitative estimate of drug-likeness (QED) is 0.267. The Balaban J connectivity index is 1.57. The van der Waals surface area contributed by atoms with Crippen LogP contribution in [0.25, 0.3) is 0 Å². The van der Waals surface area contributed by atoms with Crippen molar-refractivity contribution in [2.45, 2.75) is 44.6 Å². The van der Waals surface area contributed by atoms with Crippen LogP contribution in [0.2, 0.25) is 10.0 Å². The number of carbonyl (C=O) groups is 2. The van der Waals surface area contributed by atoms with Crippen LogP contribution in [0.3, 0.4) is 0 Å². The fourth-order valence-electron chi connectivity index (χ4n) is 5.68. The van der Waals surface area contributed by atoms with Gasteiger partial charge in [0.15, 0.2) is 5.72 Å². The van der Waals surface area contributed by atoms with Gasteiger partial charge < -0.3 is 20.1 Å². The number of rotatable bonds is 9. The lowest BCUT2D eigenvalue weighted by Gasteiger charge is -2.40. The monoisotopic (exact) mass is 637 g/mol. The van der Waals surface area contributed by atoms with Gasteiger partial charge in [-0.25, -0.2) is 9.37 Å². The molecule has 3 N–H and O–H groups in total. The van der Waals surface area contributed by atoms with E-state index in [1.165, 1.54) is 30.2 Å². The molecule has 0 spiro atoms. The van der Waals surface area contributed by atoms with Gasteiger partial charge in [0.05, 0.1) is 46.1 Å². The number of fused-ring (bicyclic) bond motifs is 1. The number of aryl methyl sites for hydroxylation is 2. The van der Waals surface area contributed by atoms with Crippen LogP contribution in [0, 0.1) is 18.2 Å². The van der Waals surface area contributed by atoms with Crippen molar-refractivity contribution in [2.75, 3.05) is 6.61 Å². The standard InChI is InChI=1S/C32H30Cl2FN5O4/c1-18-38-26(16-39(18)3)30(2,43)20-12-24-27(25(35)13-20)32(19-4-6-21(33)7-5-19,44-17-31(10-11-31)29(36)42)40(28(24)41)15-23-9-8-22(34)14-37-23/h4-9,12-14,16,43H,10-11,15,17H2,1-3H3,(H2,36,42)/t30?,32-/m1/s1. The van der Waals surface area contributed by atoms with Crippen LogP contribution < -0.4 is 5.73 Å². The molecule has 0 bridgehead atoms. The van der Waals surface area contributed by atoms with E-state index < -0.39 is 34.4 Å². The fourth-order valence-corrected chi connectivity index (χ4v) is 5.91. The predicted molar refractivity (Wildman–Crippen MR) is 161 cm³/mol. The van der Waals surface area contributed by atoms with Crippen molar-refractivity contribution >= 4 is 35.0 Å². The van der Waals surface area contributed by atoms with E-state index >= 15 is 4.39 Å². The Morgan fingerprint density at radius 2 is 1.84 bits per heavy atom. The van der Waals surface area contributed by atoms with Gasteiger partial charge >= 0.3 is 0 Å². The molecule has 2 aromatic heterocycles.